The van der Waals surface area contributed by atoms with Gasteiger partial charge in [0, 0.05) is 12.8 Å². The van der Waals surface area contributed by atoms with E-state index in [1.165, 1.54) is 0 Å². The molecule has 1 aromatic rings. The van der Waals surface area contributed by atoms with Crippen molar-refractivity contribution in [3.8, 4) is 0 Å². The largest absolute Gasteiger partial charge is 0.466 e. The number of unbranched alkanes of at least 4 members (excludes halogenated alkanes) is 1. The van der Waals surface area contributed by atoms with E-state index in [1.807, 2.05) is 37.3 Å². The van der Waals surface area contributed by atoms with Gasteiger partial charge in [-0.1, -0.05) is 43.7 Å². The van der Waals surface area contributed by atoms with Crippen LogP contribution in [0.4, 0.5) is 0 Å². The van der Waals surface area contributed by atoms with Gasteiger partial charge in [0.05, 0.1) is 33.0 Å². The zero-order valence-electron chi connectivity index (χ0n) is 17.6. The van der Waals surface area contributed by atoms with Crippen molar-refractivity contribution in [2.45, 2.75) is 75.3 Å². The molecule has 3 fully saturated rings. The molecule has 0 radical (unpaired) electrons. The molecule has 1 unspecified atom stereocenters. The zero-order valence-corrected chi connectivity index (χ0v) is 17.6. The van der Waals surface area contributed by atoms with Crippen LogP contribution in [0.5, 0.6) is 0 Å². The van der Waals surface area contributed by atoms with Crippen molar-refractivity contribution in [3.05, 3.63) is 35.9 Å². The van der Waals surface area contributed by atoms with Crippen LogP contribution in [0.15, 0.2) is 30.3 Å². The Balaban J connectivity index is 1.41. The summed E-state index contributed by atoms with van der Waals surface area (Å²) in [6.45, 7) is 2.44. The minimum atomic E-state index is -0.627. The van der Waals surface area contributed by atoms with Gasteiger partial charge < -0.3 is 18.7 Å². The van der Waals surface area contributed by atoms with Gasteiger partial charge in [-0.25, -0.2) is 0 Å². The molecule has 0 amide bonds. The third-order valence-corrected chi connectivity index (χ3v) is 6.94. The Bertz CT molecular complexity index is 729. The van der Waals surface area contributed by atoms with E-state index < -0.39 is 5.92 Å². The molecule has 1 aromatic carbocycles. The van der Waals surface area contributed by atoms with Gasteiger partial charge in [-0.3, -0.25) is 9.59 Å². The summed E-state index contributed by atoms with van der Waals surface area (Å²) in [4.78, 5) is 25.4. The monoisotopic (exact) mass is 402 g/mol. The highest BCUT2D eigenvalue weighted by molar-refractivity contribution is 5.84. The minimum Gasteiger partial charge on any atom is -0.466 e. The Morgan fingerprint density at radius 2 is 1.79 bits per heavy atom. The second-order valence-corrected chi connectivity index (χ2v) is 9.10. The van der Waals surface area contributed by atoms with Gasteiger partial charge in [0.2, 0.25) is 0 Å². The number of ether oxygens (including phenoxy) is 3. The van der Waals surface area contributed by atoms with Crippen molar-refractivity contribution in [2.75, 3.05) is 20.7 Å². The maximum absolute atomic E-state index is 13.1. The molecule has 6 heteroatoms. The Hall–Kier alpha value is -1.92. The summed E-state index contributed by atoms with van der Waals surface area (Å²) in [7, 11) is 4.50. The minimum absolute atomic E-state index is 0.0159. The second kappa shape index (κ2) is 8.07. The Kier molecular flexibility index (Phi) is 5.67. The normalized spacial score (nSPS) is 32.2. The summed E-state index contributed by atoms with van der Waals surface area (Å²) >= 11 is 0. The van der Waals surface area contributed by atoms with Crippen LogP contribution in [0, 0.1) is 0 Å². The first-order valence-electron chi connectivity index (χ1n) is 10.8. The number of hydrogen-bond acceptors (Lipinski definition) is 5. The van der Waals surface area contributed by atoms with Crippen LogP contribution in [0.25, 0.3) is 0 Å². The molecule has 0 saturated carbocycles. The lowest BCUT2D eigenvalue weighted by Crippen LogP contribution is -2.60. The standard InChI is InChI=1S/C23H32NO5/c1-4-5-11-27-20(25)14-17(15-9-7-6-8-10-15)23(26)28-16-12-18-21-22(29-21)19(13-16)24(18,2)3/h6-10,16-19,21-22H,4-5,11-14H2,1-3H3/q+1/t16?,17-,18-,19+,21-,22+/m0/s1. The molecule has 2 bridgehead atoms. The van der Waals surface area contributed by atoms with Gasteiger partial charge in [0.25, 0.3) is 0 Å². The van der Waals surface area contributed by atoms with Crippen LogP contribution in [-0.4, -0.2) is 67.5 Å². The third-order valence-electron chi connectivity index (χ3n) is 6.94. The fraction of sp³-hybridized carbons (Fsp3) is 0.652. The molecule has 6 nitrogen and oxygen atoms in total. The van der Waals surface area contributed by atoms with Gasteiger partial charge in [0.1, 0.15) is 30.4 Å². The van der Waals surface area contributed by atoms with E-state index in [1.54, 1.807) is 0 Å². The highest BCUT2D eigenvalue weighted by atomic mass is 16.6. The summed E-state index contributed by atoms with van der Waals surface area (Å²) in [6, 6.07) is 10.2. The van der Waals surface area contributed by atoms with Crippen molar-refractivity contribution in [1.29, 1.82) is 0 Å². The molecule has 29 heavy (non-hydrogen) atoms. The number of morpholine rings is 1. The van der Waals surface area contributed by atoms with E-state index in [0.717, 1.165) is 35.7 Å². The van der Waals surface area contributed by atoms with Gasteiger partial charge in [-0.15, -0.1) is 0 Å². The maximum atomic E-state index is 13.1. The van der Waals surface area contributed by atoms with E-state index in [2.05, 4.69) is 14.1 Å². The van der Waals surface area contributed by atoms with Crippen LogP contribution < -0.4 is 0 Å². The lowest BCUT2D eigenvalue weighted by Gasteiger charge is -2.45. The molecule has 4 rings (SSSR count). The number of piperidine rings is 1. The SMILES string of the molecule is CCCCOC(=O)C[C@H](C(=O)OC1C[C@@H]2[C@H]3O[C@H]3[C@H](C1)[N+]2(C)C)c1ccccc1. The number of rotatable bonds is 8. The number of carbonyl (C=O) groups excluding carboxylic acids is 2. The number of hydrogen-bond donors (Lipinski definition) is 0. The molecule has 6 atom stereocenters. The van der Waals surface area contributed by atoms with Crippen LogP contribution in [-0.2, 0) is 23.8 Å². The molecule has 3 saturated heterocycles. The highest BCUT2D eigenvalue weighted by Gasteiger charge is 2.70. The van der Waals surface area contributed by atoms with Crippen LogP contribution in [0.2, 0.25) is 0 Å². The third kappa shape index (κ3) is 4.05. The van der Waals surface area contributed by atoms with E-state index in [4.69, 9.17) is 14.2 Å². The predicted molar refractivity (Wildman–Crippen MR) is 107 cm³/mol. The first kappa shape index (κ1) is 20.4. The van der Waals surface area contributed by atoms with E-state index in [9.17, 15) is 9.59 Å². The molecule has 3 aliphatic heterocycles. The lowest BCUT2D eigenvalue weighted by atomic mass is 9.94. The van der Waals surface area contributed by atoms with Crippen molar-refractivity contribution in [2.24, 2.45) is 0 Å². The molecule has 158 valence electrons. The average molecular weight is 403 g/mol. The zero-order chi connectivity index (χ0) is 20.6. The molecular weight excluding hydrogens is 370 g/mol. The fourth-order valence-corrected chi connectivity index (χ4v) is 5.13. The van der Waals surface area contributed by atoms with Crippen molar-refractivity contribution in [1.82, 2.24) is 0 Å². The van der Waals surface area contributed by atoms with E-state index in [-0.39, 0.29) is 24.5 Å². The van der Waals surface area contributed by atoms with Gasteiger partial charge in [0.15, 0.2) is 0 Å². The molecule has 3 aliphatic rings. The van der Waals surface area contributed by atoms with Crippen LogP contribution in [0.1, 0.15) is 50.5 Å². The number of epoxide rings is 1. The van der Waals surface area contributed by atoms with Crippen molar-refractivity contribution in [3.63, 3.8) is 0 Å². The molecule has 0 spiro atoms. The first-order valence-corrected chi connectivity index (χ1v) is 10.8. The van der Waals surface area contributed by atoms with Gasteiger partial charge in [-0.05, 0) is 12.0 Å². The highest BCUT2D eigenvalue weighted by Crippen LogP contribution is 2.51. The summed E-state index contributed by atoms with van der Waals surface area (Å²) in [6.07, 6.45) is 3.97. The number of benzene rings is 1. The summed E-state index contributed by atoms with van der Waals surface area (Å²) in [5, 5.41) is 0. The van der Waals surface area contributed by atoms with E-state index >= 15 is 0 Å². The predicted octanol–water partition coefficient (Wildman–Crippen LogP) is 2.80. The van der Waals surface area contributed by atoms with Crippen LogP contribution in [0.3, 0.4) is 0 Å². The summed E-state index contributed by atoms with van der Waals surface area (Å²) in [5.74, 6) is -1.30. The fourth-order valence-electron chi connectivity index (χ4n) is 5.13. The number of fused-ring (bicyclic) bond motifs is 5. The Morgan fingerprint density at radius 1 is 1.14 bits per heavy atom. The van der Waals surface area contributed by atoms with Crippen molar-refractivity contribution < 1.29 is 28.3 Å². The molecule has 0 N–H and O–H groups in total. The average Bonchev–Trinajstić information content (AvgIpc) is 3.45. The molecular formula is C23H32NO5+. The number of likely N-dealkylation sites (N-methyl/N-ethyl adjacent to an activating group) is 1. The Labute approximate surface area is 172 Å². The smallest absolute Gasteiger partial charge is 0.314 e. The summed E-state index contributed by atoms with van der Waals surface area (Å²) in [5.41, 5.74) is 0.797. The molecule has 0 aliphatic carbocycles. The number of esters is 2. The van der Waals surface area contributed by atoms with Crippen molar-refractivity contribution >= 4 is 11.9 Å². The summed E-state index contributed by atoms with van der Waals surface area (Å²) < 4.78 is 18.0. The first-order chi connectivity index (χ1) is 13.9. The molecule has 0 aromatic heterocycles. The lowest BCUT2D eigenvalue weighted by molar-refractivity contribution is -0.938. The second-order valence-electron chi connectivity index (χ2n) is 9.10. The Morgan fingerprint density at radius 3 is 2.41 bits per heavy atom. The topological polar surface area (TPSA) is 65.1 Å². The number of nitrogens with zero attached hydrogens (tertiary/aromatic N) is 1. The maximum Gasteiger partial charge on any atom is 0.314 e. The van der Waals surface area contributed by atoms with Crippen LogP contribution >= 0.6 is 0 Å². The quantitative estimate of drug-likeness (QED) is 0.290. The van der Waals surface area contributed by atoms with Gasteiger partial charge >= 0.3 is 11.9 Å². The van der Waals surface area contributed by atoms with Gasteiger partial charge in [-0.2, -0.15) is 0 Å². The van der Waals surface area contributed by atoms with E-state index in [0.29, 0.717) is 30.9 Å². The number of carbonyl (C=O) groups is 2. The molecule has 3 heterocycles. The number of quaternary nitrogens is 1.